The van der Waals surface area contributed by atoms with Crippen molar-refractivity contribution in [1.29, 1.82) is 0 Å². The number of ether oxygens (including phenoxy) is 1. The molecule has 82 valence electrons. The first-order valence-electron chi connectivity index (χ1n) is 4.35. The number of esters is 1. The molecule has 0 saturated heterocycles. The van der Waals surface area contributed by atoms with E-state index in [2.05, 4.69) is 9.84 Å². The number of methoxy groups -OCH3 is 1. The van der Waals surface area contributed by atoms with Crippen molar-refractivity contribution in [3.63, 3.8) is 0 Å². The molecule has 0 spiro atoms. The van der Waals surface area contributed by atoms with Crippen molar-refractivity contribution in [1.82, 2.24) is 9.78 Å². The summed E-state index contributed by atoms with van der Waals surface area (Å²) in [6.45, 7) is 1.53. The Hall–Kier alpha value is -1.85. The van der Waals surface area contributed by atoms with Crippen LogP contribution < -0.4 is 0 Å². The minimum Gasteiger partial charge on any atom is -0.480 e. The molecular formula is C9H12N2O4. The van der Waals surface area contributed by atoms with Crippen LogP contribution in [0.4, 0.5) is 0 Å². The van der Waals surface area contributed by atoms with Crippen molar-refractivity contribution in [2.24, 2.45) is 0 Å². The van der Waals surface area contributed by atoms with Crippen LogP contribution >= 0.6 is 0 Å². The lowest BCUT2D eigenvalue weighted by atomic mass is 10.3. The molecule has 0 aliphatic carbocycles. The van der Waals surface area contributed by atoms with Crippen LogP contribution in [-0.2, 0) is 27.3 Å². The van der Waals surface area contributed by atoms with Crippen LogP contribution in [0.3, 0.4) is 0 Å². The second kappa shape index (κ2) is 4.59. The zero-order valence-corrected chi connectivity index (χ0v) is 8.56. The predicted molar refractivity (Wildman–Crippen MR) is 50.3 cm³/mol. The molecule has 6 heteroatoms. The molecule has 0 amide bonds. The smallest absolute Gasteiger partial charge is 0.325 e. The summed E-state index contributed by atoms with van der Waals surface area (Å²) in [6, 6.07) is 1.67. The summed E-state index contributed by atoms with van der Waals surface area (Å²) in [5.74, 6) is -1.36. The Morgan fingerprint density at radius 2 is 2.27 bits per heavy atom. The molecule has 0 saturated carbocycles. The molecule has 0 aliphatic rings. The van der Waals surface area contributed by atoms with Crippen LogP contribution in [0, 0.1) is 6.92 Å². The Morgan fingerprint density at radius 1 is 1.60 bits per heavy atom. The number of hydrogen-bond acceptors (Lipinski definition) is 4. The summed E-state index contributed by atoms with van der Waals surface area (Å²) in [5, 5.41) is 12.5. The van der Waals surface area contributed by atoms with Crippen molar-refractivity contribution in [2.75, 3.05) is 7.11 Å². The van der Waals surface area contributed by atoms with E-state index in [-0.39, 0.29) is 13.0 Å². The first-order chi connectivity index (χ1) is 7.02. The lowest BCUT2D eigenvalue weighted by Gasteiger charge is -1.98. The molecule has 15 heavy (non-hydrogen) atoms. The van der Waals surface area contributed by atoms with Gasteiger partial charge in [-0.2, -0.15) is 5.10 Å². The van der Waals surface area contributed by atoms with E-state index in [4.69, 9.17) is 5.11 Å². The van der Waals surface area contributed by atoms with Crippen molar-refractivity contribution in [2.45, 2.75) is 19.9 Å². The Morgan fingerprint density at radius 3 is 2.80 bits per heavy atom. The average molecular weight is 212 g/mol. The van der Waals surface area contributed by atoms with Gasteiger partial charge < -0.3 is 9.84 Å². The van der Waals surface area contributed by atoms with Crippen LogP contribution in [0.2, 0.25) is 0 Å². The van der Waals surface area contributed by atoms with E-state index in [1.54, 1.807) is 13.0 Å². The normalized spacial score (nSPS) is 10.0. The van der Waals surface area contributed by atoms with E-state index < -0.39 is 11.9 Å². The number of aromatic nitrogens is 2. The largest absolute Gasteiger partial charge is 0.480 e. The van der Waals surface area contributed by atoms with Gasteiger partial charge in [0, 0.05) is 5.69 Å². The number of hydrogen-bond donors (Lipinski definition) is 1. The maximum Gasteiger partial charge on any atom is 0.325 e. The Bertz CT molecular complexity index is 383. The second-order valence-corrected chi connectivity index (χ2v) is 3.08. The molecule has 0 unspecified atom stereocenters. The fraction of sp³-hybridized carbons (Fsp3) is 0.444. The van der Waals surface area contributed by atoms with Gasteiger partial charge in [-0.15, -0.1) is 0 Å². The van der Waals surface area contributed by atoms with Gasteiger partial charge >= 0.3 is 11.9 Å². The summed E-state index contributed by atoms with van der Waals surface area (Å²) in [6.07, 6.45) is 0.0595. The number of nitrogens with zero attached hydrogens (tertiary/aromatic N) is 2. The standard InChI is InChI=1S/C9H12N2O4/c1-6-3-7(4-9(14)15-2)10-11(6)5-8(12)13/h3H,4-5H2,1-2H3,(H,12,13). The Kier molecular flexibility index (Phi) is 3.43. The molecule has 1 rings (SSSR count). The Labute approximate surface area is 86.5 Å². The fourth-order valence-electron chi connectivity index (χ4n) is 1.17. The zero-order valence-electron chi connectivity index (χ0n) is 8.56. The SMILES string of the molecule is COC(=O)Cc1cc(C)n(CC(=O)O)n1. The van der Waals surface area contributed by atoms with Gasteiger partial charge in [-0.25, -0.2) is 0 Å². The van der Waals surface area contributed by atoms with Gasteiger partial charge in [0.15, 0.2) is 0 Å². The minimum atomic E-state index is -0.967. The highest BCUT2D eigenvalue weighted by atomic mass is 16.5. The lowest BCUT2D eigenvalue weighted by molar-refractivity contribution is -0.140. The van der Waals surface area contributed by atoms with Crippen LogP contribution in [-0.4, -0.2) is 33.9 Å². The lowest BCUT2D eigenvalue weighted by Crippen LogP contribution is -2.12. The van der Waals surface area contributed by atoms with Gasteiger partial charge in [0.25, 0.3) is 0 Å². The Balaban J connectivity index is 2.76. The molecule has 6 nitrogen and oxygen atoms in total. The third kappa shape index (κ3) is 3.08. The van der Waals surface area contributed by atoms with Crippen LogP contribution in [0.5, 0.6) is 0 Å². The number of rotatable bonds is 4. The molecule has 0 aromatic carbocycles. The third-order valence-electron chi connectivity index (χ3n) is 1.87. The van der Waals surface area contributed by atoms with Crippen LogP contribution in [0.15, 0.2) is 6.07 Å². The molecule has 1 N–H and O–H groups in total. The summed E-state index contributed by atoms with van der Waals surface area (Å²) in [4.78, 5) is 21.4. The number of carbonyl (C=O) groups excluding carboxylic acids is 1. The fourth-order valence-corrected chi connectivity index (χ4v) is 1.17. The second-order valence-electron chi connectivity index (χ2n) is 3.08. The number of aliphatic carboxylic acids is 1. The molecule has 0 bridgehead atoms. The summed E-state index contributed by atoms with van der Waals surface area (Å²) < 4.78 is 5.81. The van der Waals surface area contributed by atoms with E-state index in [9.17, 15) is 9.59 Å². The number of aryl methyl sites for hydroxylation is 1. The van der Waals surface area contributed by atoms with E-state index in [1.165, 1.54) is 11.8 Å². The average Bonchev–Trinajstić information content (AvgIpc) is 2.45. The third-order valence-corrected chi connectivity index (χ3v) is 1.87. The maximum atomic E-state index is 10.9. The van der Waals surface area contributed by atoms with E-state index in [1.807, 2.05) is 0 Å². The highest BCUT2D eigenvalue weighted by Crippen LogP contribution is 2.04. The van der Waals surface area contributed by atoms with Crippen LogP contribution in [0.25, 0.3) is 0 Å². The highest BCUT2D eigenvalue weighted by Gasteiger charge is 2.10. The minimum absolute atomic E-state index is 0.0595. The molecule has 1 aromatic rings. The first kappa shape index (κ1) is 11.2. The monoisotopic (exact) mass is 212 g/mol. The van der Waals surface area contributed by atoms with Gasteiger partial charge in [0.05, 0.1) is 19.2 Å². The molecule has 0 fully saturated rings. The molecule has 0 radical (unpaired) electrons. The van der Waals surface area contributed by atoms with Gasteiger partial charge in [-0.05, 0) is 13.0 Å². The van der Waals surface area contributed by atoms with E-state index in [0.717, 1.165) is 0 Å². The van der Waals surface area contributed by atoms with Gasteiger partial charge in [-0.1, -0.05) is 0 Å². The predicted octanol–water partition coefficient (Wildman–Crippen LogP) is -0.00838. The molecule has 1 aromatic heterocycles. The van der Waals surface area contributed by atoms with E-state index in [0.29, 0.717) is 11.4 Å². The van der Waals surface area contributed by atoms with Gasteiger partial charge in [-0.3, -0.25) is 14.3 Å². The first-order valence-corrected chi connectivity index (χ1v) is 4.35. The van der Waals surface area contributed by atoms with Gasteiger partial charge in [0.1, 0.15) is 6.54 Å². The molecule has 1 heterocycles. The number of carboxylic acids is 1. The number of carboxylic acid groups (broad SMARTS) is 1. The summed E-state index contributed by atoms with van der Waals surface area (Å²) >= 11 is 0. The summed E-state index contributed by atoms with van der Waals surface area (Å²) in [5.41, 5.74) is 1.22. The summed E-state index contributed by atoms with van der Waals surface area (Å²) in [7, 11) is 1.30. The number of carbonyl (C=O) groups is 2. The van der Waals surface area contributed by atoms with Gasteiger partial charge in [0.2, 0.25) is 0 Å². The van der Waals surface area contributed by atoms with Crippen molar-refractivity contribution in [3.05, 3.63) is 17.5 Å². The quantitative estimate of drug-likeness (QED) is 0.710. The molecular weight excluding hydrogens is 200 g/mol. The van der Waals surface area contributed by atoms with Crippen molar-refractivity contribution >= 4 is 11.9 Å². The topological polar surface area (TPSA) is 81.4 Å². The molecule has 0 aliphatic heterocycles. The van der Waals surface area contributed by atoms with E-state index >= 15 is 0 Å². The highest BCUT2D eigenvalue weighted by molar-refractivity contribution is 5.71. The van der Waals surface area contributed by atoms with Crippen molar-refractivity contribution in [3.8, 4) is 0 Å². The molecule has 0 atom stereocenters. The van der Waals surface area contributed by atoms with Crippen LogP contribution in [0.1, 0.15) is 11.4 Å². The maximum absolute atomic E-state index is 10.9. The zero-order chi connectivity index (χ0) is 11.4. The van der Waals surface area contributed by atoms with Crippen molar-refractivity contribution < 1.29 is 19.4 Å².